The lowest BCUT2D eigenvalue weighted by atomic mass is 10.1. The number of aromatic nitrogens is 1. The van der Waals surface area contributed by atoms with Gasteiger partial charge in [0, 0.05) is 27.7 Å². The van der Waals surface area contributed by atoms with Gasteiger partial charge in [-0.2, -0.15) is 0 Å². The zero-order valence-corrected chi connectivity index (χ0v) is 17.4. The third kappa shape index (κ3) is 4.74. The second-order valence-corrected chi connectivity index (χ2v) is 6.46. The second-order valence-electron chi connectivity index (χ2n) is 6.46. The van der Waals surface area contributed by atoms with E-state index in [0.717, 1.165) is 22.2 Å². The molecule has 1 heterocycles. The Morgan fingerprint density at radius 2 is 1.23 bits per heavy atom. The van der Waals surface area contributed by atoms with Crippen LogP contribution < -0.4 is 16.2 Å². The van der Waals surface area contributed by atoms with Gasteiger partial charge in [-0.25, -0.2) is 0 Å². The molecule has 0 saturated heterocycles. The third-order valence-electron chi connectivity index (χ3n) is 4.50. The molecule has 0 aliphatic rings. The first-order valence-electron chi connectivity index (χ1n) is 8.69. The number of H-pyrrole nitrogens is 1. The molecule has 154 valence electrons. The molecule has 3 aromatic carbocycles. The molecule has 30 heavy (non-hydrogen) atoms. The van der Waals surface area contributed by atoms with Crippen molar-refractivity contribution in [3.63, 3.8) is 0 Å². The lowest BCUT2D eigenvalue weighted by molar-refractivity contribution is 0.483. The van der Waals surface area contributed by atoms with Crippen LogP contribution in [0, 0.1) is 10.8 Å². The molecule has 1 aromatic heterocycles. The minimum atomic E-state index is 0. The zero-order valence-electron chi connectivity index (χ0n) is 15.8. The fraction of sp³-hybridized carbons (Fsp3) is 0. The zero-order chi connectivity index (χ0) is 19.7. The molecule has 4 rings (SSSR count). The first kappa shape index (κ1) is 22.8. The second kappa shape index (κ2) is 9.35. The molecule has 0 saturated carbocycles. The first-order chi connectivity index (χ1) is 13.5. The lowest BCUT2D eigenvalue weighted by Gasteiger charge is -2.07. The van der Waals surface area contributed by atoms with Crippen LogP contribution in [0.25, 0.3) is 22.2 Å². The summed E-state index contributed by atoms with van der Waals surface area (Å²) in [6, 6.07) is 22.6. The number of fused-ring (bicyclic) bond motifs is 1. The van der Waals surface area contributed by atoms with E-state index in [0.29, 0.717) is 22.6 Å². The number of nitrogens with two attached hydrogens (primary N) is 2. The number of amidine groups is 2. The van der Waals surface area contributed by atoms with Crippen LogP contribution in [0.1, 0.15) is 11.1 Å². The van der Waals surface area contributed by atoms with Gasteiger partial charge < -0.3 is 21.2 Å². The molecule has 0 amide bonds. The Bertz CT molecular complexity index is 1180. The van der Waals surface area contributed by atoms with Crippen LogP contribution in [-0.4, -0.2) is 16.7 Å². The van der Waals surface area contributed by atoms with Crippen molar-refractivity contribution in [3.8, 4) is 22.8 Å². The van der Waals surface area contributed by atoms with E-state index < -0.39 is 0 Å². The van der Waals surface area contributed by atoms with Crippen LogP contribution in [-0.2, 0) is 0 Å². The summed E-state index contributed by atoms with van der Waals surface area (Å²) in [5.41, 5.74) is 15.4. The average Bonchev–Trinajstić information content (AvgIpc) is 3.12. The molecule has 4 aromatic rings. The summed E-state index contributed by atoms with van der Waals surface area (Å²) in [6.45, 7) is 0. The molecule has 0 aliphatic heterocycles. The van der Waals surface area contributed by atoms with Crippen LogP contribution >= 0.6 is 24.8 Å². The van der Waals surface area contributed by atoms with E-state index in [9.17, 15) is 0 Å². The van der Waals surface area contributed by atoms with Crippen molar-refractivity contribution in [3.05, 3.63) is 83.9 Å². The highest BCUT2D eigenvalue weighted by atomic mass is 35.5. The number of nitrogens with one attached hydrogen (secondary N) is 3. The summed E-state index contributed by atoms with van der Waals surface area (Å²) >= 11 is 0. The molecule has 0 unspecified atom stereocenters. The number of benzene rings is 3. The number of aromatic amines is 1. The number of nitrogen functional groups attached to an aromatic ring is 2. The maximum atomic E-state index is 7.57. The average molecular weight is 442 g/mol. The predicted molar refractivity (Wildman–Crippen MR) is 127 cm³/mol. The van der Waals surface area contributed by atoms with E-state index in [1.54, 1.807) is 24.3 Å². The van der Waals surface area contributed by atoms with Crippen LogP contribution in [0.3, 0.4) is 0 Å². The molecule has 0 radical (unpaired) electrons. The van der Waals surface area contributed by atoms with Gasteiger partial charge in [-0.1, -0.05) is 0 Å². The summed E-state index contributed by atoms with van der Waals surface area (Å²) in [5, 5.41) is 16.0. The first-order valence-corrected chi connectivity index (χ1v) is 8.69. The van der Waals surface area contributed by atoms with Gasteiger partial charge in [0.1, 0.15) is 23.2 Å². The SMILES string of the molecule is Cl.Cl.N=C(N)c1ccc(Oc2ccc(-c3cc4cc(C(=N)N)ccc4[nH]3)cc2)cc1. The Morgan fingerprint density at radius 3 is 1.80 bits per heavy atom. The highest BCUT2D eigenvalue weighted by molar-refractivity contribution is 5.99. The fourth-order valence-corrected chi connectivity index (χ4v) is 3.00. The maximum Gasteiger partial charge on any atom is 0.127 e. The van der Waals surface area contributed by atoms with Crippen molar-refractivity contribution in [2.45, 2.75) is 0 Å². The molecular formula is C22H21Cl2N5O. The number of halogens is 2. The van der Waals surface area contributed by atoms with Crippen molar-refractivity contribution in [1.29, 1.82) is 10.8 Å². The number of ether oxygens (including phenoxy) is 1. The van der Waals surface area contributed by atoms with Crippen molar-refractivity contribution in [2.75, 3.05) is 0 Å². The normalized spacial score (nSPS) is 10.0. The van der Waals surface area contributed by atoms with E-state index in [1.165, 1.54) is 0 Å². The highest BCUT2D eigenvalue weighted by Gasteiger charge is 2.06. The molecule has 0 aliphatic carbocycles. The monoisotopic (exact) mass is 441 g/mol. The Kier molecular flexibility index (Phi) is 7.10. The fourth-order valence-electron chi connectivity index (χ4n) is 3.00. The molecular weight excluding hydrogens is 421 g/mol. The summed E-state index contributed by atoms with van der Waals surface area (Å²) in [4.78, 5) is 3.38. The standard InChI is InChI=1S/C22H19N5O.2ClH/c23-21(24)14-3-8-18(9-4-14)28-17-6-1-13(2-7-17)20-12-16-11-15(22(25)26)5-10-19(16)27-20;;/h1-12,27H,(H3,23,24)(H3,25,26);2*1H. The van der Waals surface area contributed by atoms with E-state index in [2.05, 4.69) is 4.98 Å². The van der Waals surface area contributed by atoms with Gasteiger partial charge in [-0.3, -0.25) is 10.8 Å². The van der Waals surface area contributed by atoms with Gasteiger partial charge in [0.15, 0.2) is 0 Å². The van der Waals surface area contributed by atoms with Gasteiger partial charge in [-0.15, -0.1) is 24.8 Å². The molecule has 0 bridgehead atoms. The molecule has 8 heteroatoms. The number of rotatable bonds is 5. The third-order valence-corrected chi connectivity index (χ3v) is 4.50. The summed E-state index contributed by atoms with van der Waals surface area (Å²) in [6.07, 6.45) is 0. The van der Waals surface area contributed by atoms with E-state index in [-0.39, 0.29) is 36.5 Å². The predicted octanol–water partition coefficient (Wildman–Crippen LogP) is 5.04. The largest absolute Gasteiger partial charge is 0.457 e. The molecule has 0 atom stereocenters. The summed E-state index contributed by atoms with van der Waals surface area (Å²) < 4.78 is 5.85. The van der Waals surface area contributed by atoms with Gasteiger partial charge in [0.2, 0.25) is 0 Å². The molecule has 6 nitrogen and oxygen atoms in total. The topological polar surface area (TPSA) is 125 Å². The number of hydrogen-bond donors (Lipinski definition) is 5. The lowest BCUT2D eigenvalue weighted by Crippen LogP contribution is -2.10. The van der Waals surface area contributed by atoms with Gasteiger partial charge in [-0.05, 0) is 78.4 Å². The molecule has 0 fully saturated rings. The van der Waals surface area contributed by atoms with Gasteiger partial charge in [0.05, 0.1) is 0 Å². The summed E-state index contributed by atoms with van der Waals surface area (Å²) in [5.74, 6) is 1.49. The summed E-state index contributed by atoms with van der Waals surface area (Å²) in [7, 11) is 0. The van der Waals surface area contributed by atoms with Crippen LogP contribution in [0.2, 0.25) is 0 Å². The van der Waals surface area contributed by atoms with Crippen molar-refractivity contribution in [2.24, 2.45) is 11.5 Å². The molecule has 7 N–H and O–H groups in total. The van der Waals surface area contributed by atoms with E-state index >= 15 is 0 Å². The van der Waals surface area contributed by atoms with Crippen molar-refractivity contribution < 1.29 is 4.74 Å². The highest BCUT2D eigenvalue weighted by Crippen LogP contribution is 2.28. The smallest absolute Gasteiger partial charge is 0.127 e. The van der Waals surface area contributed by atoms with Gasteiger partial charge in [0.25, 0.3) is 0 Å². The van der Waals surface area contributed by atoms with Crippen LogP contribution in [0.5, 0.6) is 11.5 Å². The Labute approximate surface area is 186 Å². The number of hydrogen-bond acceptors (Lipinski definition) is 3. The Morgan fingerprint density at radius 1 is 0.700 bits per heavy atom. The minimum absolute atomic E-state index is 0. The van der Waals surface area contributed by atoms with Crippen molar-refractivity contribution in [1.82, 2.24) is 4.98 Å². The van der Waals surface area contributed by atoms with Crippen molar-refractivity contribution >= 4 is 47.4 Å². The van der Waals surface area contributed by atoms with Crippen LogP contribution in [0.15, 0.2) is 72.8 Å². The van der Waals surface area contributed by atoms with Crippen LogP contribution in [0.4, 0.5) is 0 Å². The van der Waals surface area contributed by atoms with Gasteiger partial charge >= 0.3 is 0 Å². The Hall–Kier alpha value is -3.48. The van der Waals surface area contributed by atoms with E-state index in [4.69, 9.17) is 27.0 Å². The molecule has 0 spiro atoms. The Balaban J connectivity index is 0.00000160. The quantitative estimate of drug-likeness (QED) is 0.220. The maximum absolute atomic E-state index is 7.57. The van der Waals surface area contributed by atoms with E-state index in [1.807, 2.05) is 48.5 Å². The minimum Gasteiger partial charge on any atom is -0.457 e.